The fourth-order valence-corrected chi connectivity index (χ4v) is 2.42. The second-order valence-corrected chi connectivity index (χ2v) is 5.39. The lowest BCUT2D eigenvalue weighted by molar-refractivity contribution is 0.0697. The molecule has 0 amide bonds. The lowest BCUT2D eigenvalue weighted by Gasteiger charge is -2.15. The topological polar surface area (TPSA) is 49.8 Å². The van der Waals surface area contributed by atoms with Crippen molar-refractivity contribution in [3.63, 3.8) is 0 Å². The van der Waals surface area contributed by atoms with Crippen LogP contribution >= 0.6 is 0 Å². The number of carboxylic acid groups (broad SMARTS) is 1. The van der Waals surface area contributed by atoms with Crippen molar-refractivity contribution in [1.29, 1.82) is 0 Å². The Hall–Kier alpha value is -1.55. The van der Waals surface area contributed by atoms with Crippen LogP contribution in [0.3, 0.4) is 0 Å². The van der Waals surface area contributed by atoms with Gasteiger partial charge in [-0.25, -0.2) is 4.79 Å². The third kappa shape index (κ3) is 3.70. The summed E-state index contributed by atoms with van der Waals surface area (Å²) in [7, 11) is 0. The number of likely N-dealkylation sites (tertiary alicyclic amines) is 1. The summed E-state index contributed by atoms with van der Waals surface area (Å²) >= 11 is 0. The lowest BCUT2D eigenvalue weighted by Crippen LogP contribution is -2.26. The Balaban J connectivity index is 1.75. The summed E-state index contributed by atoms with van der Waals surface area (Å²) in [5.74, 6) is 1.33. The number of rotatable bonds is 5. The molecule has 2 atom stereocenters. The first-order valence-corrected chi connectivity index (χ1v) is 6.75. The number of hydrogen-bond donors (Lipinski definition) is 1. The summed E-state index contributed by atoms with van der Waals surface area (Å²) in [5.41, 5.74) is 0.287. The van der Waals surface area contributed by atoms with Gasteiger partial charge in [-0.05, 0) is 36.1 Å². The van der Waals surface area contributed by atoms with Gasteiger partial charge in [-0.1, -0.05) is 13.8 Å². The fraction of sp³-hybridized carbons (Fsp3) is 0.533. The molecule has 1 N–H and O–H groups in total. The third-order valence-corrected chi connectivity index (χ3v) is 3.84. The minimum absolute atomic E-state index is 0.287. The molecule has 2 unspecified atom stereocenters. The zero-order valence-electron chi connectivity index (χ0n) is 11.5. The molecule has 0 aromatic heterocycles. The summed E-state index contributed by atoms with van der Waals surface area (Å²) in [4.78, 5) is 13.1. The Bertz CT molecular complexity index is 420. The zero-order valence-corrected chi connectivity index (χ0v) is 11.5. The Morgan fingerprint density at radius 3 is 2.37 bits per heavy atom. The van der Waals surface area contributed by atoms with E-state index in [1.165, 1.54) is 0 Å². The van der Waals surface area contributed by atoms with Crippen LogP contribution in [0.25, 0.3) is 0 Å². The predicted octanol–water partition coefficient (Wildman–Crippen LogP) is 2.35. The Morgan fingerprint density at radius 1 is 1.26 bits per heavy atom. The summed E-state index contributed by atoms with van der Waals surface area (Å²) in [6, 6.07) is 6.55. The van der Waals surface area contributed by atoms with E-state index in [1.807, 2.05) is 0 Å². The summed E-state index contributed by atoms with van der Waals surface area (Å²) in [6.07, 6.45) is 0. The summed E-state index contributed by atoms with van der Waals surface area (Å²) in [5, 5.41) is 8.80. The molecule has 1 aliphatic heterocycles. The van der Waals surface area contributed by atoms with E-state index in [2.05, 4.69) is 18.7 Å². The molecule has 1 saturated heterocycles. The molecule has 1 aromatic carbocycles. The fourth-order valence-electron chi connectivity index (χ4n) is 2.42. The number of ether oxygens (including phenoxy) is 1. The van der Waals surface area contributed by atoms with Gasteiger partial charge in [0.15, 0.2) is 0 Å². The van der Waals surface area contributed by atoms with Crippen LogP contribution < -0.4 is 4.74 Å². The summed E-state index contributed by atoms with van der Waals surface area (Å²) in [6.45, 7) is 8.43. The number of benzene rings is 1. The van der Waals surface area contributed by atoms with Crippen LogP contribution in [0, 0.1) is 11.8 Å². The summed E-state index contributed by atoms with van der Waals surface area (Å²) < 4.78 is 5.64. The maximum atomic E-state index is 10.7. The van der Waals surface area contributed by atoms with Gasteiger partial charge in [0.05, 0.1) is 5.56 Å². The highest BCUT2D eigenvalue weighted by atomic mass is 16.5. The van der Waals surface area contributed by atoms with Crippen molar-refractivity contribution in [2.24, 2.45) is 11.8 Å². The smallest absolute Gasteiger partial charge is 0.335 e. The number of aromatic carboxylic acids is 1. The van der Waals surface area contributed by atoms with Crippen LogP contribution in [-0.4, -0.2) is 42.2 Å². The number of nitrogens with zero attached hydrogens (tertiary/aromatic N) is 1. The van der Waals surface area contributed by atoms with Crippen LogP contribution in [0.4, 0.5) is 0 Å². The van der Waals surface area contributed by atoms with Gasteiger partial charge in [0, 0.05) is 19.6 Å². The average Bonchev–Trinajstić information content (AvgIpc) is 2.69. The second kappa shape index (κ2) is 6.06. The van der Waals surface area contributed by atoms with Crippen molar-refractivity contribution in [2.75, 3.05) is 26.2 Å². The number of hydrogen-bond acceptors (Lipinski definition) is 3. The van der Waals surface area contributed by atoms with E-state index >= 15 is 0 Å². The predicted molar refractivity (Wildman–Crippen MR) is 73.7 cm³/mol. The maximum Gasteiger partial charge on any atom is 0.335 e. The molecule has 4 heteroatoms. The molecule has 19 heavy (non-hydrogen) atoms. The molecule has 2 rings (SSSR count). The minimum Gasteiger partial charge on any atom is -0.492 e. The molecule has 1 heterocycles. The Kier molecular flexibility index (Phi) is 4.43. The first-order valence-electron chi connectivity index (χ1n) is 6.75. The monoisotopic (exact) mass is 263 g/mol. The van der Waals surface area contributed by atoms with Gasteiger partial charge in [0.25, 0.3) is 0 Å². The van der Waals surface area contributed by atoms with Crippen LogP contribution in [-0.2, 0) is 0 Å². The molecular weight excluding hydrogens is 242 g/mol. The second-order valence-electron chi connectivity index (χ2n) is 5.39. The molecule has 1 fully saturated rings. The number of carboxylic acids is 1. The van der Waals surface area contributed by atoms with Crippen molar-refractivity contribution in [2.45, 2.75) is 13.8 Å². The van der Waals surface area contributed by atoms with Gasteiger partial charge in [0.2, 0.25) is 0 Å². The molecule has 4 nitrogen and oxygen atoms in total. The van der Waals surface area contributed by atoms with Crippen molar-refractivity contribution in [3.8, 4) is 5.75 Å². The van der Waals surface area contributed by atoms with Crippen molar-refractivity contribution >= 4 is 5.97 Å². The van der Waals surface area contributed by atoms with Gasteiger partial charge >= 0.3 is 5.97 Å². The third-order valence-electron chi connectivity index (χ3n) is 3.84. The first kappa shape index (κ1) is 13.9. The standard InChI is InChI=1S/C15H21NO3/c1-11-9-16(10-12(11)2)7-8-19-14-5-3-13(4-6-14)15(17)18/h3-6,11-12H,7-10H2,1-2H3,(H,17,18). The largest absolute Gasteiger partial charge is 0.492 e. The van der Waals surface area contributed by atoms with Crippen LogP contribution in [0.2, 0.25) is 0 Å². The molecular formula is C15H21NO3. The van der Waals surface area contributed by atoms with E-state index in [1.54, 1.807) is 24.3 Å². The van der Waals surface area contributed by atoms with Gasteiger partial charge in [0.1, 0.15) is 12.4 Å². The molecule has 1 aromatic rings. The van der Waals surface area contributed by atoms with Crippen molar-refractivity contribution in [3.05, 3.63) is 29.8 Å². The van der Waals surface area contributed by atoms with E-state index in [0.717, 1.165) is 37.2 Å². The van der Waals surface area contributed by atoms with Crippen LogP contribution in [0.5, 0.6) is 5.75 Å². The number of carbonyl (C=O) groups is 1. The molecule has 0 radical (unpaired) electrons. The molecule has 0 bridgehead atoms. The van der Waals surface area contributed by atoms with E-state index < -0.39 is 5.97 Å². The zero-order chi connectivity index (χ0) is 13.8. The van der Waals surface area contributed by atoms with E-state index in [4.69, 9.17) is 9.84 Å². The van der Waals surface area contributed by atoms with Crippen molar-refractivity contribution < 1.29 is 14.6 Å². The van der Waals surface area contributed by atoms with Crippen LogP contribution in [0.15, 0.2) is 24.3 Å². The Labute approximate surface area is 114 Å². The van der Waals surface area contributed by atoms with Gasteiger partial charge in [-0.3, -0.25) is 4.90 Å². The Morgan fingerprint density at radius 2 is 1.84 bits per heavy atom. The molecule has 104 valence electrons. The molecule has 0 spiro atoms. The van der Waals surface area contributed by atoms with E-state index in [-0.39, 0.29) is 5.56 Å². The SMILES string of the molecule is CC1CN(CCOc2ccc(C(=O)O)cc2)CC1C. The average molecular weight is 263 g/mol. The lowest BCUT2D eigenvalue weighted by atomic mass is 10.0. The quantitative estimate of drug-likeness (QED) is 0.886. The van der Waals surface area contributed by atoms with Gasteiger partial charge < -0.3 is 9.84 Å². The van der Waals surface area contributed by atoms with Crippen molar-refractivity contribution in [1.82, 2.24) is 4.90 Å². The molecule has 0 saturated carbocycles. The highest BCUT2D eigenvalue weighted by molar-refractivity contribution is 5.87. The first-order chi connectivity index (χ1) is 9.06. The van der Waals surface area contributed by atoms with Crippen LogP contribution in [0.1, 0.15) is 24.2 Å². The van der Waals surface area contributed by atoms with E-state index in [9.17, 15) is 4.79 Å². The normalized spacial score (nSPS) is 23.5. The molecule has 1 aliphatic rings. The van der Waals surface area contributed by atoms with Gasteiger partial charge in [-0.15, -0.1) is 0 Å². The van der Waals surface area contributed by atoms with E-state index in [0.29, 0.717) is 6.61 Å². The maximum absolute atomic E-state index is 10.7. The minimum atomic E-state index is -0.911. The highest BCUT2D eigenvalue weighted by Gasteiger charge is 2.25. The molecule has 0 aliphatic carbocycles. The van der Waals surface area contributed by atoms with Gasteiger partial charge in [-0.2, -0.15) is 0 Å². The highest BCUT2D eigenvalue weighted by Crippen LogP contribution is 2.21.